The first kappa shape index (κ1) is 9.06. The third-order valence-corrected chi connectivity index (χ3v) is 2.58. The van der Waals surface area contributed by atoms with E-state index >= 15 is 0 Å². The van der Waals surface area contributed by atoms with Gasteiger partial charge in [0, 0.05) is 19.2 Å². The van der Waals surface area contributed by atoms with Crippen LogP contribution in [0, 0.1) is 6.92 Å². The lowest BCUT2D eigenvalue weighted by Crippen LogP contribution is -2.36. The molecule has 0 saturated carbocycles. The Balaban J connectivity index is 2.22. The van der Waals surface area contributed by atoms with E-state index in [-0.39, 0.29) is 11.9 Å². The van der Waals surface area contributed by atoms with Gasteiger partial charge < -0.3 is 10.6 Å². The Labute approximate surface area is 83.5 Å². The van der Waals surface area contributed by atoms with Gasteiger partial charge in [0.05, 0.1) is 0 Å². The average Bonchev–Trinajstić information content (AvgIpc) is 2.59. The van der Waals surface area contributed by atoms with Gasteiger partial charge in [-0.3, -0.25) is 4.79 Å². The van der Waals surface area contributed by atoms with Crippen molar-refractivity contribution in [3.63, 3.8) is 0 Å². The monoisotopic (exact) mass is 190 g/mol. The number of anilines is 1. The number of hydrogen-bond acceptors (Lipinski definition) is 2. The third-order valence-electron chi connectivity index (χ3n) is 2.58. The van der Waals surface area contributed by atoms with Gasteiger partial charge in [0.25, 0.3) is 0 Å². The molecule has 2 rings (SSSR count). The third kappa shape index (κ3) is 1.45. The number of benzene rings is 1. The van der Waals surface area contributed by atoms with E-state index in [4.69, 9.17) is 0 Å². The van der Waals surface area contributed by atoms with Crippen molar-refractivity contribution in [3.05, 3.63) is 29.3 Å². The summed E-state index contributed by atoms with van der Waals surface area (Å²) in [6, 6.07) is 6.12. The van der Waals surface area contributed by atoms with E-state index in [1.807, 2.05) is 6.07 Å². The van der Waals surface area contributed by atoms with Crippen LogP contribution in [0.5, 0.6) is 0 Å². The van der Waals surface area contributed by atoms with Crippen LogP contribution in [0.15, 0.2) is 18.2 Å². The molecule has 3 nitrogen and oxygen atoms in total. The van der Waals surface area contributed by atoms with Crippen molar-refractivity contribution < 1.29 is 4.79 Å². The minimum absolute atomic E-state index is 0.0545. The summed E-state index contributed by atoms with van der Waals surface area (Å²) in [6.07, 6.45) is 0.788. The Morgan fingerprint density at radius 3 is 3.07 bits per heavy atom. The van der Waals surface area contributed by atoms with Crippen LogP contribution in [0.1, 0.15) is 11.1 Å². The maximum Gasteiger partial charge on any atom is 0.242 e. The highest BCUT2D eigenvalue weighted by Crippen LogP contribution is 2.26. The van der Waals surface area contributed by atoms with Gasteiger partial charge >= 0.3 is 0 Å². The zero-order valence-electron chi connectivity index (χ0n) is 8.42. The van der Waals surface area contributed by atoms with Gasteiger partial charge in [0.15, 0.2) is 0 Å². The highest BCUT2D eigenvalue weighted by atomic mass is 16.2. The predicted octanol–water partition coefficient (Wildman–Crippen LogP) is 1.08. The minimum Gasteiger partial charge on any atom is -0.373 e. The summed E-state index contributed by atoms with van der Waals surface area (Å²) in [5, 5.41) is 5.86. The number of hydrogen-bond donors (Lipinski definition) is 2. The van der Waals surface area contributed by atoms with E-state index in [9.17, 15) is 4.79 Å². The predicted molar refractivity (Wildman–Crippen MR) is 56.4 cm³/mol. The van der Waals surface area contributed by atoms with Crippen molar-refractivity contribution in [1.29, 1.82) is 0 Å². The van der Waals surface area contributed by atoms with E-state index in [1.54, 1.807) is 7.05 Å². The van der Waals surface area contributed by atoms with Gasteiger partial charge in [-0.05, 0) is 18.6 Å². The van der Waals surface area contributed by atoms with Crippen LogP contribution in [0.3, 0.4) is 0 Å². The zero-order valence-corrected chi connectivity index (χ0v) is 8.42. The maximum atomic E-state index is 11.4. The van der Waals surface area contributed by atoms with Gasteiger partial charge in [-0.15, -0.1) is 0 Å². The van der Waals surface area contributed by atoms with Crippen LogP contribution in [0.25, 0.3) is 0 Å². The SMILES string of the molecule is CNC(=O)C1Cc2cc(C)ccc2N1. The van der Waals surface area contributed by atoms with Gasteiger partial charge in [-0.2, -0.15) is 0 Å². The molecule has 0 fully saturated rings. The summed E-state index contributed by atoms with van der Waals surface area (Å²) in [7, 11) is 1.66. The molecular weight excluding hydrogens is 176 g/mol. The van der Waals surface area contributed by atoms with Crippen molar-refractivity contribution >= 4 is 11.6 Å². The lowest BCUT2D eigenvalue weighted by molar-refractivity contribution is -0.121. The number of rotatable bonds is 1. The average molecular weight is 190 g/mol. The summed E-state index contributed by atoms with van der Waals surface area (Å²) in [5.41, 5.74) is 3.56. The number of carbonyl (C=O) groups is 1. The normalized spacial score (nSPS) is 18.6. The molecule has 0 bridgehead atoms. The van der Waals surface area contributed by atoms with E-state index in [0.717, 1.165) is 12.1 Å². The van der Waals surface area contributed by atoms with Crippen molar-refractivity contribution in [2.24, 2.45) is 0 Å². The summed E-state index contributed by atoms with van der Waals surface area (Å²) in [6.45, 7) is 2.06. The molecule has 0 aliphatic carbocycles. The van der Waals surface area contributed by atoms with E-state index < -0.39 is 0 Å². The molecule has 0 aromatic heterocycles. The number of amides is 1. The lowest BCUT2D eigenvalue weighted by Gasteiger charge is -2.08. The maximum absolute atomic E-state index is 11.4. The van der Waals surface area contributed by atoms with Crippen molar-refractivity contribution in [3.8, 4) is 0 Å². The molecule has 74 valence electrons. The molecule has 2 N–H and O–H groups in total. The standard InChI is InChI=1S/C11H14N2O/c1-7-3-4-9-8(5-7)6-10(13-9)11(14)12-2/h3-5,10,13H,6H2,1-2H3,(H,12,14). The molecular formula is C11H14N2O. The molecule has 1 aromatic carbocycles. The van der Waals surface area contributed by atoms with Crippen LogP contribution in [-0.2, 0) is 11.2 Å². The molecule has 14 heavy (non-hydrogen) atoms. The van der Waals surface area contributed by atoms with Crippen LogP contribution in [-0.4, -0.2) is 19.0 Å². The first-order valence-electron chi connectivity index (χ1n) is 4.78. The highest BCUT2D eigenvalue weighted by molar-refractivity contribution is 5.87. The number of nitrogens with one attached hydrogen (secondary N) is 2. The van der Waals surface area contributed by atoms with Crippen molar-refractivity contribution in [1.82, 2.24) is 5.32 Å². The van der Waals surface area contributed by atoms with Gasteiger partial charge in [0.2, 0.25) is 5.91 Å². The van der Waals surface area contributed by atoms with Crippen molar-refractivity contribution in [2.75, 3.05) is 12.4 Å². The first-order valence-corrected chi connectivity index (χ1v) is 4.78. The van der Waals surface area contributed by atoms with Crippen LogP contribution >= 0.6 is 0 Å². The summed E-state index contributed by atoms with van der Waals surface area (Å²) in [5.74, 6) is 0.0545. The molecule has 1 atom stereocenters. The van der Waals surface area contributed by atoms with E-state index in [2.05, 4.69) is 29.7 Å². The van der Waals surface area contributed by atoms with Gasteiger partial charge in [-0.1, -0.05) is 17.7 Å². The molecule has 1 unspecified atom stereocenters. The Hall–Kier alpha value is -1.51. The largest absolute Gasteiger partial charge is 0.373 e. The second kappa shape index (κ2) is 3.33. The fourth-order valence-corrected chi connectivity index (χ4v) is 1.82. The van der Waals surface area contributed by atoms with E-state index in [1.165, 1.54) is 11.1 Å². The fraction of sp³-hybridized carbons (Fsp3) is 0.364. The Morgan fingerprint density at radius 1 is 1.57 bits per heavy atom. The second-order valence-corrected chi connectivity index (χ2v) is 3.68. The molecule has 1 aromatic rings. The van der Waals surface area contributed by atoms with Crippen molar-refractivity contribution in [2.45, 2.75) is 19.4 Å². The minimum atomic E-state index is -0.100. The smallest absolute Gasteiger partial charge is 0.242 e. The zero-order chi connectivity index (χ0) is 10.1. The first-order chi connectivity index (χ1) is 6.70. The van der Waals surface area contributed by atoms with Gasteiger partial charge in [-0.25, -0.2) is 0 Å². The molecule has 3 heteroatoms. The Morgan fingerprint density at radius 2 is 2.36 bits per heavy atom. The summed E-state index contributed by atoms with van der Waals surface area (Å²) >= 11 is 0. The number of carbonyl (C=O) groups excluding carboxylic acids is 1. The highest BCUT2D eigenvalue weighted by Gasteiger charge is 2.25. The van der Waals surface area contributed by atoms with Gasteiger partial charge in [0.1, 0.15) is 6.04 Å². The summed E-state index contributed by atoms with van der Waals surface area (Å²) < 4.78 is 0. The molecule has 1 heterocycles. The lowest BCUT2D eigenvalue weighted by atomic mass is 10.1. The summed E-state index contributed by atoms with van der Waals surface area (Å²) in [4.78, 5) is 11.4. The molecule has 1 aliphatic heterocycles. The number of likely N-dealkylation sites (N-methyl/N-ethyl adjacent to an activating group) is 1. The molecule has 1 amide bonds. The second-order valence-electron chi connectivity index (χ2n) is 3.68. The topological polar surface area (TPSA) is 41.1 Å². The Kier molecular flexibility index (Phi) is 2.15. The quantitative estimate of drug-likeness (QED) is 0.695. The molecule has 1 aliphatic rings. The van der Waals surface area contributed by atoms with Crippen LogP contribution < -0.4 is 10.6 Å². The number of aryl methyl sites for hydroxylation is 1. The fourth-order valence-electron chi connectivity index (χ4n) is 1.82. The van der Waals surface area contributed by atoms with Crippen LogP contribution in [0.4, 0.5) is 5.69 Å². The molecule has 0 radical (unpaired) electrons. The number of fused-ring (bicyclic) bond motifs is 1. The van der Waals surface area contributed by atoms with Crippen LogP contribution in [0.2, 0.25) is 0 Å². The van der Waals surface area contributed by atoms with E-state index in [0.29, 0.717) is 0 Å². The molecule has 0 saturated heterocycles. The Bertz CT molecular complexity index is 374. The molecule has 0 spiro atoms.